The maximum Gasteiger partial charge on any atom is 0.0223 e. The fraction of sp³-hybridized carbons (Fsp3) is 0.692. The van der Waals surface area contributed by atoms with Crippen molar-refractivity contribution in [1.29, 1.82) is 0 Å². The van der Waals surface area contributed by atoms with Crippen LogP contribution in [0.3, 0.4) is 0 Å². The number of nitrogens with two attached hydrogens (primary N) is 1. The summed E-state index contributed by atoms with van der Waals surface area (Å²) in [7, 11) is 2.20. The summed E-state index contributed by atoms with van der Waals surface area (Å²) in [6.45, 7) is 4.09. The lowest BCUT2D eigenvalue weighted by atomic mass is 10.2. The summed E-state index contributed by atoms with van der Waals surface area (Å²) >= 11 is 3.85. The summed E-state index contributed by atoms with van der Waals surface area (Å²) < 4.78 is 0. The summed E-state index contributed by atoms with van der Waals surface area (Å²) in [5, 5.41) is 2.15. The predicted molar refractivity (Wildman–Crippen MR) is 81.1 cm³/mol. The molecule has 17 heavy (non-hydrogen) atoms. The second-order valence-electron chi connectivity index (χ2n) is 4.19. The van der Waals surface area contributed by atoms with Crippen LogP contribution >= 0.6 is 23.1 Å². The van der Waals surface area contributed by atoms with E-state index >= 15 is 0 Å². The predicted octanol–water partition coefficient (Wildman–Crippen LogP) is 2.69. The second-order valence-corrected chi connectivity index (χ2v) is 6.61. The Labute approximate surface area is 114 Å². The number of nitrogens with zero attached hydrogens (tertiary/aromatic N) is 1. The number of likely N-dealkylation sites (N-methyl/N-ethyl adjacent to an activating group) is 1. The Balaban J connectivity index is 2.25. The Morgan fingerprint density at radius 2 is 2.35 bits per heavy atom. The first-order chi connectivity index (χ1) is 8.27. The van der Waals surface area contributed by atoms with Crippen LogP contribution in [-0.4, -0.2) is 42.6 Å². The van der Waals surface area contributed by atoms with Gasteiger partial charge in [-0.15, -0.1) is 11.3 Å². The zero-order valence-corrected chi connectivity index (χ0v) is 12.5. The topological polar surface area (TPSA) is 29.3 Å². The molecule has 0 spiro atoms. The molecule has 1 atom stereocenters. The van der Waals surface area contributed by atoms with E-state index in [2.05, 4.69) is 36.4 Å². The van der Waals surface area contributed by atoms with E-state index in [4.69, 9.17) is 5.73 Å². The molecule has 1 rings (SSSR count). The third-order valence-corrected chi connectivity index (χ3v) is 4.85. The van der Waals surface area contributed by atoms with Gasteiger partial charge in [0.1, 0.15) is 0 Å². The van der Waals surface area contributed by atoms with E-state index in [-0.39, 0.29) is 0 Å². The summed E-state index contributed by atoms with van der Waals surface area (Å²) in [5.41, 5.74) is 5.86. The second kappa shape index (κ2) is 8.97. The van der Waals surface area contributed by atoms with Gasteiger partial charge in [0, 0.05) is 24.0 Å². The van der Waals surface area contributed by atoms with Crippen molar-refractivity contribution in [3.63, 3.8) is 0 Å². The molecule has 0 aromatic carbocycles. The summed E-state index contributed by atoms with van der Waals surface area (Å²) in [5.74, 6) is 2.43. The molecule has 0 radical (unpaired) electrons. The number of hydrogen-bond acceptors (Lipinski definition) is 4. The molecule has 0 fully saturated rings. The molecule has 0 amide bonds. The van der Waals surface area contributed by atoms with Gasteiger partial charge in [-0.3, -0.25) is 0 Å². The zero-order chi connectivity index (χ0) is 12.5. The highest BCUT2D eigenvalue weighted by molar-refractivity contribution is 7.99. The molecule has 98 valence electrons. The van der Waals surface area contributed by atoms with Gasteiger partial charge in [0.25, 0.3) is 0 Å². The van der Waals surface area contributed by atoms with Crippen molar-refractivity contribution in [2.24, 2.45) is 5.73 Å². The van der Waals surface area contributed by atoms with E-state index < -0.39 is 0 Å². The van der Waals surface area contributed by atoms with Gasteiger partial charge in [-0.05, 0) is 42.8 Å². The molecule has 2 nitrogen and oxygen atoms in total. The van der Waals surface area contributed by atoms with Gasteiger partial charge in [0.05, 0.1) is 0 Å². The van der Waals surface area contributed by atoms with Crippen LogP contribution in [-0.2, 0) is 6.42 Å². The molecule has 1 heterocycles. The lowest BCUT2D eigenvalue weighted by Crippen LogP contribution is -2.39. The lowest BCUT2D eigenvalue weighted by Gasteiger charge is -2.26. The Bertz CT molecular complexity index is 275. The minimum atomic E-state index is 0.536. The van der Waals surface area contributed by atoms with Gasteiger partial charge in [-0.25, -0.2) is 0 Å². The minimum absolute atomic E-state index is 0.536. The normalized spacial score (nSPS) is 13.2. The lowest BCUT2D eigenvalue weighted by molar-refractivity contribution is 0.245. The third kappa shape index (κ3) is 5.91. The van der Waals surface area contributed by atoms with E-state index in [0.29, 0.717) is 6.04 Å². The van der Waals surface area contributed by atoms with Crippen LogP contribution in [0.25, 0.3) is 0 Å². The van der Waals surface area contributed by atoms with Gasteiger partial charge in [-0.2, -0.15) is 11.8 Å². The maximum atomic E-state index is 5.86. The van der Waals surface area contributed by atoms with Crippen molar-refractivity contribution >= 4 is 23.1 Å². The monoisotopic (exact) mass is 272 g/mol. The standard InChI is InChI=1S/C13H24N2S2/c1-3-16-10-7-12(11-14)15(2)8-6-13-5-4-9-17-13/h4-5,9,12H,3,6-8,10-11,14H2,1-2H3. The molecular weight excluding hydrogens is 248 g/mol. The first kappa shape index (κ1) is 15.0. The smallest absolute Gasteiger partial charge is 0.0223 e. The highest BCUT2D eigenvalue weighted by Gasteiger charge is 2.12. The van der Waals surface area contributed by atoms with Gasteiger partial charge >= 0.3 is 0 Å². The van der Waals surface area contributed by atoms with Gasteiger partial charge < -0.3 is 10.6 Å². The molecule has 0 aliphatic heterocycles. The Morgan fingerprint density at radius 1 is 1.53 bits per heavy atom. The molecule has 0 saturated carbocycles. The first-order valence-corrected chi connectivity index (χ1v) is 8.31. The van der Waals surface area contributed by atoms with Crippen molar-refractivity contribution in [3.05, 3.63) is 22.4 Å². The Kier molecular flexibility index (Phi) is 7.93. The molecular formula is C13H24N2S2. The van der Waals surface area contributed by atoms with Gasteiger partial charge in [0.2, 0.25) is 0 Å². The van der Waals surface area contributed by atoms with Crippen LogP contribution in [0.15, 0.2) is 17.5 Å². The Morgan fingerprint density at radius 3 is 2.94 bits per heavy atom. The van der Waals surface area contributed by atoms with Crippen LogP contribution in [0.2, 0.25) is 0 Å². The van der Waals surface area contributed by atoms with Gasteiger partial charge in [-0.1, -0.05) is 13.0 Å². The van der Waals surface area contributed by atoms with E-state index in [9.17, 15) is 0 Å². The highest BCUT2D eigenvalue weighted by Crippen LogP contribution is 2.12. The van der Waals surface area contributed by atoms with Crippen molar-refractivity contribution in [1.82, 2.24) is 4.90 Å². The van der Waals surface area contributed by atoms with Crippen molar-refractivity contribution in [2.45, 2.75) is 25.8 Å². The fourth-order valence-electron chi connectivity index (χ4n) is 1.81. The maximum absolute atomic E-state index is 5.86. The average Bonchev–Trinajstić information content (AvgIpc) is 2.85. The zero-order valence-electron chi connectivity index (χ0n) is 10.9. The third-order valence-electron chi connectivity index (χ3n) is 2.99. The van der Waals surface area contributed by atoms with E-state index in [1.807, 2.05) is 23.1 Å². The molecule has 0 aliphatic rings. The average molecular weight is 272 g/mol. The minimum Gasteiger partial charge on any atom is -0.329 e. The van der Waals surface area contributed by atoms with Crippen LogP contribution in [0, 0.1) is 0 Å². The Hall–Kier alpha value is -0.0300. The van der Waals surface area contributed by atoms with Crippen LogP contribution in [0.1, 0.15) is 18.2 Å². The fourth-order valence-corrected chi connectivity index (χ4v) is 3.23. The summed E-state index contributed by atoms with van der Waals surface area (Å²) in [6, 6.07) is 4.87. The van der Waals surface area contributed by atoms with Crippen molar-refractivity contribution < 1.29 is 0 Å². The summed E-state index contributed by atoms with van der Waals surface area (Å²) in [6.07, 6.45) is 2.35. The number of thioether (sulfide) groups is 1. The van der Waals surface area contributed by atoms with Crippen LogP contribution in [0.4, 0.5) is 0 Å². The molecule has 1 unspecified atom stereocenters. The molecule has 0 saturated heterocycles. The quantitative estimate of drug-likeness (QED) is 0.701. The van der Waals surface area contributed by atoms with Gasteiger partial charge in [0.15, 0.2) is 0 Å². The van der Waals surface area contributed by atoms with Crippen molar-refractivity contribution in [2.75, 3.05) is 31.6 Å². The van der Waals surface area contributed by atoms with E-state index in [0.717, 1.165) is 19.5 Å². The molecule has 1 aromatic heterocycles. The molecule has 0 bridgehead atoms. The van der Waals surface area contributed by atoms with E-state index in [1.54, 1.807) is 0 Å². The summed E-state index contributed by atoms with van der Waals surface area (Å²) in [4.78, 5) is 3.88. The largest absolute Gasteiger partial charge is 0.329 e. The van der Waals surface area contributed by atoms with Crippen molar-refractivity contribution in [3.8, 4) is 0 Å². The van der Waals surface area contributed by atoms with Crippen LogP contribution in [0.5, 0.6) is 0 Å². The number of rotatable bonds is 9. The molecule has 0 aliphatic carbocycles. The molecule has 2 N–H and O–H groups in total. The number of hydrogen-bond donors (Lipinski definition) is 1. The highest BCUT2D eigenvalue weighted by atomic mass is 32.2. The molecule has 1 aromatic rings. The number of thiophene rings is 1. The SMILES string of the molecule is CCSCCC(CN)N(C)CCc1cccs1. The first-order valence-electron chi connectivity index (χ1n) is 6.28. The molecule has 4 heteroatoms. The van der Waals surface area contributed by atoms with Crippen LogP contribution < -0.4 is 5.73 Å². The van der Waals surface area contributed by atoms with E-state index in [1.165, 1.54) is 22.8 Å².